The van der Waals surface area contributed by atoms with E-state index in [1.807, 2.05) is 13.0 Å². The lowest BCUT2D eigenvalue weighted by molar-refractivity contribution is -0.123. The third-order valence-electron chi connectivity index (χ3n) is 3.80. The Bertz CT molecular complexity index is 296. The van der Waals surface area contributed by atoms with Crippen molar-refractivity contribution in [1.29, 1.82) is 0 Å². The maximum Gasteiger partial charge on any atom is 0.159 e. The lowest BCUT2D eigenvalue weighted by Gasteiger charge is -2.43. The predicted molar refractivity (Wildman–Crippen MR) is 64.6 cm³/mol. The van der Waals surface area contributed by atoms with Crippen molar-refractivity contribution in [2.24, 2.45) is 17.3 Å². The molecule has 84 valence electrons. The maximum atomic E-state index is 12.0. The zero-order chi connectivity index (χ0) is 11.6. The van der Waals surface area contributed by atoms with Gasteiger partial charge in [-0.1, -0.05) is 39.0 Å². The molecule has 0 aromatic carbocycles. The van der Waals surface area contributed by atoms with Crippen molar-refractivity contribution in [2.75, 3.05) is 0 Å². The van der Waals surface area contributed by atoms with E-state index in [1.54, 1.807) is 6.08 Å². The number of allylic oxidation sites excluding steroid dienone is 3. The standard InChI is InChI=1S/C14H22O/c1-6-7-12(15)13-10(2)8-9-11(3)14(13,4)5/h6-7,10,13H,3,8-9H2,1-2,4-5H3/t10-,13+/m0/s1. The molecule has 2 atom stereocenters. The molecular formula is C14H22O. The quantitative estimate of drug-likeness (QED) is 0.496. The second-order valence-corrected chi connectivity index (χ2v) is 5.22. The molecule has 0 unspecified atom stereocenters. The topological polar surface area (TPSA) is 17.1 Å². The number of hydrogen-bond acceptors (Lipinski definition) is 1. The minimum absolute atomic E-state index is 0.0474. The van der Waals surface area contributed by atoms with Gasteiger partial charge in [0, 0.05) is 5.92 Å². The molecule has 1 rings (SSSR count). The molecule has 0 aromatic rings. The zero-order valence-electron chi connectivity index (χ0n) is 10.3. The molecule has 1 heteroatoms. The summed E-state index contributed by atoms with van der Waals surface area (Å²) in [6.07, 6.45) is 5.70. The number of hydrogen-bond donors (Lipinski definition) is 0. The monoisotopic (exact) mass is 206 g/mol. The van der Waals surface area contributed by atoms with Gasteiger partial charge in [-0.25, -0.2) is 0 Å². The second kappa shape index (κ2) is 4.34. The molecule has 0 bridgehead atoms. The van der Waals surface area contributed by atoms with Crippen LogP contribution in [-0.2, 0) is 4.79 Å². The first-order chi connectivity index (χ1) is 6.91. The van der Waals surface area contributed by atoms with Crippen LogP contribution >= 0.6 is 0 Å². The van der Waals surface area contributed by atoms with Crippen molar-refractivity contribution in [3.05, 3.63) is 24.3 Å². The highest BCUT2D eigenvalue weighted by Gasteiger charge is 2.42. The Morgan fingerprint density at radius 3 is 2.67 bits per heavy atom. The number of carbonyl (C=O) groups is 1. The van der Waals surface area contributed by atoms with Crippen molar-refractivity contribution in [1.82, 2.24) is 0 Å². The number of ketones is 1. The van der Waals surface area contributed by atoms with Crippen LogP contribution in [-0.4, -0.2) is 5.78 Å². The van der Waals surface area contributed by atoms with E-state index in [-0.39, 0.29) is 17.1 Å². The smallest absolute Gasteiger partial charge is 0.159 e. The summed E-state index contributed by atoms with van der Waals surface area (Å²) in [5.74, 6) is 0.833. The molecule has 1 fully saturated rings. The highest BCUT2D eigenvalue weighted by Crippen LogP contribution is 2.47. The summed E-state index contributed by atoms with van der Waals surface area (Å²) >= 11 is 0. The minimum atomic E-state index is -0.0474. The van der Waals surface area contributed by atoms with Gasteiger partial charge in [0.1, 0.15) is 0 Å². The third-order valence-corrected chi connectivity index (χ3v) is 3.80. The zero-order valence-corrected chi connectivity index (χ0v) is 10.3. The molecule has 0 radical (unpaired) electrons. The van der Waals surface area contributed by atoms with E-state index in [9.17, 15) is 4.79 Å². The summed E-state index contributed by atoms with van der Waals surface area (Å²) in [5.41, 5.74) is 1.18. The van der Waals surface area contributed by atoms with Gasteiger partial charge in [-0.2, -0.15) is 0 Å². The first-order valence-corrected chi connectivity index (χ1v) is 5.76. The summed E-state index contributed by atoms with van der Waals surface area (Å²) in [4.78, 5) is 12.0. The van der Waals surface area contributed by atoms with Crippen LogP contribution in [0.15, 0.2) is 24.3 Å². The van der Waals surface area contributed by atoms with E-state index >= 15 is 0 Å². The lowest BCUT2D eigenvalue weighted by Crippen LogP contribution is -2.39. The predicted octanol–water partition coefficient (Wildman–Crippen LogP) is 3.76. The molecule has 0 aromatic heterocycles. The number of carbonyl (C=O) groups excluding carboxylic acids is 1. The minimum Gasteiger partial charge on any atom is -0.295 e. The van der Waals surface area contributed by atoms with Crippen molar-refractivity contribution < 1.29 is 4.79 Å². The highest BCUT2D eigenvalue weighted by molar-refractivity contribution is 5.92. The van der Waals surface area contributed by atoms with E-state index < -0.39 is 0 Å². The molecule has 0 amide bonds. The molecule has 15 heavy (non-hydrogen) atoms. The van der Waals surface area contributed by atoms with Crippen molar-refractivity contribution in [2.45, 2.75) is 40.5 Å². The van der Waals surface area contributed by atoms with Gasteiger partial charge < -0.3 is 0 Å². The van der Waals surface area contributed by atoms with Crippen LogP contribution in [0.4, 0.5) is 0 Å². The molecule has 0 heterocycles. The fraction of sp³-hybridized carbons (Fsp3) is 0.643. The summed E-state index contributed by atoms with van der Waals surface area (Å²) in [7, 11) is 0. The maximum absolute atomic E-state index is 12.0. The van der Waals surface area contributed by atoms with Gasteiger partial charge in [0.25, 0.3) is 0 Å². The molecule has 1 nitrogen and oxygen atoms in total. The molecule has 0 aliphatic heterocycles. The van der Waals surface area contributed by atoms with Crippen molar-refractivity contribution in [3.8, 4) is 0 Å². The Hall–Kier alpha value is -0.850. The van der Waals surface area contributed by atoms with Gasteiger partial charge in [0.05, 0.1) is 0 Å². The Morgan fingerprint density at radius 1 is 1.53 bits per heavy atom. The number of rotatable bonds is 2. The third kappa shape index (κ3) is 2.22. The van der Waals surface area contributed by atoms with E-state index in [0.717, 1.165) is 12.8 Å². The van der Waals surface area contributed by atoms with Crippen molar-refractivity contribution >= 4 is 5.78 Å². The average molecular weight is 206 g/mol. The molecule has 1 aliphatic rings. The highest BCUT2D eigenvalue weighted by atomic mass is 16.1. The summed E-state index contributed by atoms with van der Waals surface area (Å²) in [6.45, 7) is 12.5. The van der Waals surface area contributed by atoms with Gasteiger partial charge in [-0.3, -0.25) is 4.79 Å². The summed E-state index contributed by atoms with van der Waals surface area (Å²) in [6, 6.07) is 0. The Balaban J connectivity index is 3.00. The average Bonchev–Trinajstić information content (AvgIpc) is 2.12. The Kier molecular flexibility index (Phi) is 3.54. The summed E-state index contributed by atoms with van der Waals surface area (Å²) < 4.78 is 0. The Labute approximate surface area is 93.3 Å². The second-order valence-electron chi connectivity index (χ2n) is 5.22. The summed E-state index contributed by atoms with van der Waals surface area (Å²) in [5, 5.41) is 0. The van der Waals surface area contributed by atoms with E-state index in [4.69, 9.17) is 0 Å². The van der Waals surface area contributed by atoms with Crippen molar-refractivity contribution in [3.63, 3.8) is 0 Å². The Morgan fingerprint density at radius 2 is 2.13 bits per heavy atom. The largest absolute Gasteiger partial charge is 0.295 e. The fourth-order valence-electron chi connectivity index (χ4n) is 2.73. The van der Waals surface area contributed by atoms with Crippen LogP contribution in [0.3, 0.4) is 0 Å². The van der Waals surface area contributed by atoms with Crippen LogP contribution in [0.1, 0.15) is 40.5 Å². The van der Waals surface area contributed by atoms with Gasteiger partial charge in [-0.15, -0.1) is 0 Å². The normalized spacial score (nSPS) is 30.8. The molecule has 0 N–H and O–H groups in total. The van der Waals surface area contributed by atoms with Crippen LogP contribution in [0, 0.1) is 17.3 Å². The first kappa shape index (κ1) is 12.2. The first-order valence-electron chi connectivity index (χ1n) is 5.76. The molecular weight excluding hydrogens is 184 g/mol. The molecule has 1 saturated carbocycles. The van der Waals surface area contributed by atoms with E-state index in [0.29, 0.717) is 5.92 Å². The van der Waals surface area contributed by atoms with Gasteiger partial charge in [-0.05, 0) is 37.2 Å². The molecule has 0 spiro atoms. The van der Waals surface area contributed by atoms with Crippen LogP contribution in [0.5, 0.6) is 0 Å². The van der Waals surface area contributed by atoms with Gasteiger partial charge in [0.2, 0.25) is 0 Å². The van der Waals surface area contributed by atoms with Crippen LogP contribution in [0.2, 0.25) is 0 Å². The molecule has 1 aliphatic carbocycles. The van der Waals surface area contributed by atoms with Gasteiger partial charge in [0.15, 0.2) is 5.78 Å². The fourth-order valence-corrected chi connectivity index (χ4v) is 2.73. The van der Waals surface area contributed by atoms with E-state index in [1.165, 1.54) is 5.57 Å². The SMILES string of the molecule is C=C1CC[C@H](C)[C@H](C(=O)C=CC)C1(C)C. The van der Waals surface area contributed by atoms with Crippen LogP contribution < -0.4 is 0 Å². The van der Waals surface area contributed by atoms with Gasteiger partial charge >= 0.3 is 0 Å². The van der Waals surface area contributed by atoms with Crippen LogP contribution in [0.25, 0.3) is 0 Å². The lowest BCUT2D eigenvalue weighted by atomic mass is 9.60. The van der Waals surface area contributed by atoms with E-state index in [2.05, 4.69) is 27.4 Å². The molecule has 0 saturated heterocycles.